The molecule has 1 aromatic carbocycles. The largest absolute Gasteiger partial charge is 0.348 e. The summed E-state index contributed by atoms with van der Waals surface area (Å²) in [5, 5.41) is 2.85. The smallest absolute Gasteiger partial charge is 0.251 e. The van der Waals surface area contributed by atoms with Crippen LogP contribution in [0.3, 0.4) is 0 Å². The lowest BCUT2D eigenvalue weighted by atomic mass is 10.1. The van der Waals surface area contributed by atoms with Gasteiger partial charge in [-0.05, 0) is 30.7 Å². The van der Waals surface area contributed by atoms with Gasteiger partial charge in [-0.25, -0.2) is 13.4 Å². The van der Waals surface area contributed by atoms with Crippen molar-refractivity contribution in [1.29, 1.82) is 0 Å². The number of nitrogens with zero attached hydrogens (tertiary/aromatic N) is 4. The number of sulfonamides is 1. The molecule has 3 rings (SSSR count). The topological polar surface area (TPSA) is 106 Å². The van der Waals surface area contributed by atoms with Crippen molar-refractivity contribution in [1.82, 2.24) is 23.7 Å². The lowest BCUT2D eigenvalue weighted by Crippen LogP contribution is -2.35. The Bertz CT molecular complexity index is 1210. The van der Waals surface area contributed by atoms with E-state index in [0.717, 1.165) is 15.8 Å². The summed E-state index contributed by atoms with van der Waals surface area (Å²) < 4.78 is 29.7. The molecule has 0 aliphatic rings. The fraction of sp³-hybridized carbons (Fsp3) is 0.318. The van der Waals surface area contributed by atoms with Gasteiger partial charge in [0.25, 0.3) is 5.56 Å². The molecule has 0 aliphatic heterocycles. The maximum absolute atomic E-state index is 12.7. The van der Waals surface area contributed by atoms with Crippen LogP contribution in [0, 0.1) is 0 Å². The molecule has 0 bridgehead atoms. The minimum atomic E-state index is -3.73. The van der Waals surface area contributed by atoms with Crippen LogP contribution in [0.25, 0.3) is 5.69 Å². The first-order valence-electron chi connectivity index (χ1n) is 10.3. The van der Waals surface area contributed by atoms with Gasteiger partial charge in [-0.15, -0.1) is 0 Å². The van der Waals surface area contributed by atoms with Gasteiger partial charge in [-0.3, -0.25) is 9.59 Å². The zero-order valence-electron chi connectivity index (χ0n) is 18.3. The number of imidazole rings is 1. The summed E-state index contributed by atoms with van der Waals surface area (Å²) in [6, 6.07) is 9.80. The molecule has 0 saturated carbocycles. The van der Waals surface area contributed by atoms with Crippen LogP contribution < -0.4 is 10.9 Å². The highest BCUT2D eigenvalue weighted by atomic mass is 32.2. The fourth-order valence-electron chi connectivity index (χ4n) is 3.37. The average molecular weight is 458 g/mol. The summed E-state index contributed by atoms with van der Waals surface area (Å²) in [4.78, 5) is 28.8. The van der Waals surface area contributed by atoms with Crippen molar-refractivity contribution in [3.63, 3.8) is 0 Å². The van der Waals surface area contributed by atoms with E-state index in [-0.39, 0.29) is 17.5 Å². The minimum absolute atomic E-state index is 0.0169. The second-order valence-electron chi connectivity index (χ2n) is 7.27. The van der Waals surface area contributed by atoms with Crippen LogP contribution in [0.2, 0.25) is 0 Å². The molecule has 1 N–H and O–H groups in total. The van der Waals surface area contributed by atoms with E-state index in [2.05, 4.69) is 10.3 Å². The zero-order valence-corrected chi connectivity index (χ0v) is 19.1. The quantitative estimate of drug-likeness (QED) is 0.529. The highest BCUT2D eigenvalue weighted by molar-refractivity contribution is 7.89. The van der Waals surface area contributed by atoms with Crippen LogP contribution in [0.4, 0.5) is 0 Å². The second kappa shape index (κ2) is 9.92. The number of hydrogen-bond acceptors (Lipinski definition) is 5. The summed E-state index contributed by atoms with van der Waals surface area (Å²) in [7, 11) is -3.73. The van der Waals surface area contributed by atoms with Crippen molar-refractivity contribution >= 4 is 15.9 Å². The first-order chi connectivity index (χ1) is 15.3. The summed E-state index contributed by atoms with van der Waals surface area (Å²) >= 11 is 0. The number of amides is 1. The van der Waals surface area contributed by atoms with Crippen LogP contribution >= 0.6 is 0 Å². The maximum Gasteiger partial charge on any atom is 0.251 e. The molecule has 9 nitrogen and oxygen atoms in total. The Kier molecular flexibility index (Phi) is 7.26. The second-order valence-corrected chi connectivity index (χ2v) is 9.21. The third-order valence-corrected chi connectivity index (χ3v) is 7.22. The Labute approximate surface area is 187 Å². The molecule has 0 fully saturated rings. The van der Waals surface area contributed by atoms with E-state index < -0.39 is 21.5 Å². The Balaban J connectivity index is 1.71. The lowest BCUT2D eigenvalue weighted by molar-refractivity contribution is -0.122. The summed E-state index contributed by atoms with van der Waals surface area (Å²) in [6.45, 7) is 5.68. The average Bonchev–Trinajstić information content (AvgIpc) is 3.31. The molecule has 1 amide bonds. The molecule has 3 aromatic rings. The Morgan fingerprint density at radius 3 is 2.41 bits per heavy atom. The molecule has 10 heteroatoms. The predicted molar refractivity (Wildman–Crippen MR) is 121 cm³/mol. The molecule has 170 valence electrons. The van der Waals surface area contributed by atoms with Gasteiger partial charge in [-0.2, -0.15) is 4.31 Å². The summed E-state index contributed by atoms with van der Waals surface area (Å²) in [5.41, 5.74) is 1.39. The van der Waals surface area contributed by atoms with E-state index >= 15 is 0 Å². The summed E-state index contributed by atoms with van der Waals surface area (Å²) in [5.74, 6) is -0.393. The molecule has 0 spiro atoms. The number of rotatable bonds is 9. The number of carbonyl (C=O) groups excluding carboxylic acids is 1. The Morgan fingerprint density at radius 2 is 1.81 bits per heavy atom. The van der Waals surface area contributed by atoms with E-state index in [4.69, 9.17) is 0 Å². The molecular formula is C22H27N5O4S. The predicted octanol–water partition coefficient (Wildman–Crippen LogP) is 1.94. The number of benzene rings is 1. The Morgan fingerprint density at radius 1 is 1.12 bits per heavy atom. The highest BCUT2D eigenvalue weighted by Gasteiger charge is 2.22. The molecule has 1 atom stereocenters. The van der Waals surface area contributed by atoms with Crippen LogP contribution in [-0.2, 0) is 21.4 Å². The van der Waals surface area contributed by atoms with Crippen LogP contribution in [-0.4, -0.2) is 45.8 Å². The molecule has 0 saturated heterocycles. The van der Waals surface area contributed by atoms with Crippen LogP contribution in [0.5, 0.6) is 0 Å². The lowest BCUT2D eigenvalue weighted by Gasteiger charge is -2.19. The molecule has 0 radical (unpaired) electrons. The summed E-state index contributed by atoms with van der Waals surface area (Å²) in [6.07, 6.45) is 6.46. The maximum atomic E-state index is 12.7. The van der Waals surface area contributed by atoms with Gasteiger partial charge >= 0.3 is 0 Å². The number of carbonyl (C=O) groups is 1. The van der Waals surface area contributed by atoms with E-state index in [1.807, 2.05) is 42.0 Å². The van der Waals surface area contributed by atoms with Gasteiger partial charge in [0.2, 0.25) is 15.9 Å². The molecule has 0 aliphatic carbocycles. The van der Waals surface area contributed by atoms with E-state index in [1.165, 1.54) is 22.6 Å². The molecule has 0 unspecified atom stereocenters. The third kappa shape index (κ3) is 5.14. The SMILES string of the molecule is CCN(CC)S(=O)(=O)c1ccc(=O)n(CC(=O)N[C@H](C)c2ccc(-n3ccnc3)cc2)c1. The zero-order chi connectivity index (χ0) is 23.3. The van der Waals surface area contributed by atoms with Gasteiger partial charge in [0.05, 0.1) is 17.3 Å². The van der Waals surface area contributed by atoms with Crippen LogP contribution in [0.15, 0.2) is 71.0 Å². The number of pyridine rings is 1. The van der Waals surface area contributed by atoms with Crippen molar-refractivity contribution in [3.8, 4) is 5.69 Å². The first-order valence-corrected chi connectivity index (χ1v) is 11.8. The molecule has 2 aromatic heterocycles. The number of nitrogens with one attached hydrogen (secondary N) is 1. The normalized spacial score (nSPS) is 12.6. The Hall–Kier alpha value is -3.24. The third-order valence-electron chi connectivity index (χ3n) is 5.19. The fourth-order valence-corrected chi connectivity index (χ4v) is 4.85. The van der Waals surface area contributed by atoms with Gasteiger partial charge in [0, 0.05) is 43.4 Å². The van der Waals surface area contributed by atoms with Gasteiger partial charge in [0.1, 0.15) is 6.54 Å². The van der Waals surface area contributed by atoms with Gasteiger partial charge in [0.15, 0.2) is 0 Å². The van der Waals surface area contributed by atoms with Crippen molar-refractivity contribution in [2.75, 3.05) is 13.1 Å². The van der Waals surface area contributed by atoms with E-state index in [9.17, 15) is 18.0 Å². The minimum Gasteiger partial charge on any atom is -0.348 e. The van der Waals surface area contributed by atoms with E-state index in [0.29, 0.717) is 13.1 Å². The number of aromatic nitrogens is 3. The molecular weight excluding hydrogens is 430 g/mol. The van der Waals surface area contributed by atoms with Crippen molar-refractivity contribution in [2.24, 2.45) is 0 Å². The van der Waals surface area contributed by atoms with Crippen LogP contribution in [0.1, 0.15) is 32.4 Å². The molecule has 32 heavy (non-hydrogen) atoms. The van der Waals surface area contributed by atoms with Crippen molar-refractivity contribution < 1.29 is 13.2 Å². The molecule has 2 heterocycles. The highest BCUT2D eigenvalue weighted by Crippen LogP contribution is 2.16. The monoisotopic (exact) mass is 457 g/mol. The number of hydrogen-bond donors (Lipinski definition) is 1. The van der Waals surface area contributed by atoms with Crippen molar-refractivity contribution in [2.45, 2.75) is 38.3 Å². The first kappa shape index (κ1) is 23.4. The van der Waals surface area contributed by atoms with Gasteiger partial charge in [-0.1, -0.05) is 26.0 Å². The van der Waals surface area contributed by atoms with Gasteiger partial charge < -0.3 is 14.5 Å². The van der Waals surface area contributed by atoms with Crippen molar-refractivity contribution in [3.05, 3.63) is 77.2 Å². The standard InChI is InChI=1S/C22H27N5O4S/c1-4-27(5-2)32(30,31)20-10-11-22(29)26(14-20)15-21(28)24-17(3)18-6-8-19(9-7-18)25-13-12-23-16-25/h6-14,16-17H,4-5,15H2,1-3H3,(H,24,28)/t17-/m1/s1. The van der Waals surface area contributed by atoms with E-state index in [1.54, 1.807) is 26.4 Å².